The van der Waals surface area contributed by atoms with Crippen LogP contribution >= 0.6 is 0 Å². The second-order valence-electron chi connectivity index (χ2n) is 11.5. The minimum atomic E-state index is -2.57. The number of hydrogen-bond donors (Lipinski definition) is 0. The van der Waals surface area contributed by atoms with Gasteiger partial charge < -0.3 is 4.43 Å². The van der Waals surface area contributed by atoms with Crippen molar-refractivity contribution in [1.82, 2.24) is 4.90 Å². The van der Waals surface area contributed by atoms with Crippen molar-refractivity contribution in [1.29, 1.82) is 0 Å². The third kappa shape index (κ3) is 4.04. The summed E-state index contributed by atoms with van der Waals surface area (Å²) in [4.78, 5) is 15.9. The van der Waals surface area contributed by atoms with Gasteiger partial charge in [0.2, 0.25) is 0 Å². The molecule has 0 aromatic heterocycles. The standard InChI is InChI=1S/C29H39NO2Si/c1-29(2,3)33(23-12-6-4-7-13-23,24-14-8-5-9-15-24)32-21-22-20-27(31)26-17-11-19-30-18-10-16-25(22)28(26)30/h4-9,12-15,22,25-26,28H,10-11,16-21H2,1-3H3/t22-,25-,26+,28+/m1/s1. The van der Waals surface area contributed by atoms with Crippen LogP contribution in [0.2, 0.25) is 5.04 Å². The van der Waals surface area contributed by atoms with Crippen molar-refractivity contribution in [2.45, 2.75) is 64.0 Å². The minimum Gasteiger partial charge on any atom is -0.407 e. The predicted octanol–water partition coefficient (Wildman–Crippen LogP) is 4.64. The zero-order valence-electron chi connectivity index (χ0n) is 20.5. The number of hydrogen-bond acceptors (Lipinski definition) is 3. The number of benzene rings is 2. The molecule has 4 atom stereocenters. The highest BCUT2D eigenvalue weighted by Gasteiger charge is 2.53. The van der Waals surface area contributed by atoms with E-state index in [2.05, 4.69) is 86.3 Å². The molecule has 0 radical (unpaired) electrons. The molecule has 1 saturated carbocycles. The van der Waals surface area contributed by atoms with Crippen molar-refractivity contribution in [3.8, 4) is 0 Å². The number of Topliss-reactive ketones (excluding diaryl/α,β-unsaturated/α-hetero) is 1. The van der Waals surface area contributed by atoms with Gasteiger partial charge in [-0.05, 0) is 66.0 Å². The van der Waals surface area contributed by atoms with Crippen LogP contribution in [0.5, 0.6) is 0 Å². The third-order valence-corrected chi connectivity index (χ3v) is 13.6. The molecule has 1 aliphatic carbocycles. The Bertz CT molecular complexity index is 913. The van der Waals surface area contributed by atoms with Crippen LogP contribution in [0.25, 0.3) is 0 Å². The summed E-state index contributed by atoms with van der Waals surface area (Å²) in [5, 5.41) is 2.62. The summed E-state index contributed by atoms with van der Waals surface area (Å²) < 4.78 is 7.29. The Hall–Kier alpha value is -1.75. The first-order valence-corrected chi connectivity index (χ1v) is 14.8. The fourth-order valence-corrected chi connectivity index (χ4v) is 11.8. The smallest absolute Gasteiger partial charge is 0.261 e. The van der Waals surface area contributed by atoms with Crippen molar-refractivity contribution >= 4 is 24.5 Å². The van der Waals surface area contributed by atoms with Crippen LogP contribution in [0.4, 0.5) is 0 Å². The van der Waals surface area contributed by atoms with Crippen molar-refractivity contribution in [2.75, 3.05) is 19.7 Å². The van der Waals surface area contributed by atoms with Gasteiger partial charge in [0.05, 0.1) is 0 Å². The topological polar surface area (TPSA) is 29.5 Å². The molecule has 2 heterocycles. The van der Waals surface area contributed by atoms with Crippen molar-refractivity contribution < 1.29 is 9.22 Å². The minimum absolute atomic E-state index is 0.0274. The maximum atomic E-state index is 13.3. The average molecular weight is 462 g/mol. The number of rotatable bonds is 5. The van der Waals surface area contributed by atoms with E-state index in [1.54, 1.807) is 0 Å². The normalized spacial score (nSPS) is 28.4. The lowest BCUT2D eigenvalue weighted by Crippen LogP contribution is -2.67. The number of nitrogens with zero attached hydrogens (tertiary/aromatic N) is 1. The highest BCUT2D eigenvalue weighted by atomic mass is 28.4. The van der Waals surface area contributed by atoms with E-state index in [9.17, 15) is 4.79 Å². The molecular formula is C29H39NO2Si. The summed E-state index contributed by atoms with van der Waals surface area (Å²) in [6, 6.07) is 22.3. The molecule has 5 rings (SSSR count). The summed E-state index contributed by atoms with van der Waals surface area (Å²) in [5.74, 6) is 1.70. The summed E-state index contributed by atoms with van der Waals surface area (Å²) in [5.41, 5.74) is 0. The molecular weight excluding hydrogens is 422 g/mol. The summed E-state index contributed by atoms with van der Waals surface area (Å²) in [6.07, 6.45) is 5.50. The molecule has 176 valence electrons. The van der Waals surface area contributed by atoms with Gasteiger partial charge in [0.15, 0.2) is 0 Å². The second kappa shape index (κ2) is 9.13. The van der Waals surface area contributed by atoms with E-state index in [1.807, 2.05) is 0 Å². The number of carbonyl (C=O) groups is 1. The molecule has 0 unspecified atom stereocenters. The van der Waals surface area contributed by atoms with Gasteiger partial charge >= 0.3 is 0 Å². The third-order valence-electron chi connectivity index (χ3n) is 8.63. The van der Waals surface area contributed by atoms with Gasteiger partial charge in [-0.25, -0.2) is 0 Å². The average Bonchev–Trinajstić information content (AvgIpc) is 2.83. The first-order valence-electron chi connectivity index (χ1n) is 12.9. The first-order chi connectivity index (χ1) is 15.9. The molecule has 2 aromatic carbocycles. The lowest BCUT2D eigenvalue weighted by molar-refractivity contribution is -0.139. The fourth-order valence-electron chi connectivity index (χ4n) is 7.22. The van der Waals surface area contributed by atoms with Crippen LogP contribution in [0, 0.1) is 17.8 Å². The number of ketones is 1. The van der Waals surface area contributed by atoms with Crippen LogP contribution in [0.15, 0.2) is 60.7 Å². The lowest BCUT2D eigenvalue weighted by atomic mass is 9.64. The Balaban J connectivity index is 1.50. The van der Waals surface area contributed by atoms with E-state index < -0.39 is 8.32 Å². The van der Waals surface area contributed by atoms with Crippen LogP contribution in [0.1, 0.15) is 52.9 Å². The van der Waals surface area contributed by atoms with E-state index in [1.165, 1.54) is 42.7 Å². The number of piperidine rings is 2. The molecule has 0 bridgehead atoms. The molecule has 0 amide bonds. The summed E-state index contributed by atoms with van der Waals surface area (Å²) in [7, 11) is -2.57. The van der Waals surface area contributed by atoms with Gasteiger partial charge in [-0.1, -0.05) is 81.4 Å². The maximum Gasteiger partial charge on any atom is 0.261 e. The largest absolute Gasteiger partial charge is 0.407 e. The quantitative estimate of drug-likeness (QED) is 0.608. The molecule has 2 saturated heterocycles. The molecule has 3 aliphatic rings. The zero-order chi connectivity index (χ0) is 23.1. The highest BCUT2D eigenvalue weighted by molar-refractivity contribution is 6.99. The SMILES string of the molecule is CC(C)(C)[Si](OC[C@H]1CC(=O)[C@@H]2CCCN3CCC[C@H]1[C@@H]23)(c1ccccc1)c1ccccc1. The van der Waals surface area contributed by atoms with Gasteiger partial charge in [-0.2, -0.15) is 0 Å². The molecule has 2 aliphatic heterocycles. The maximum absolute atomic E-state index is 13.3. The summed E-state index contributed by atoms with van der Waals surface area (Å²) in [6.45, 7) is 10.1. The van der Waals surface area contributed by atoms with E-state index in [4.69, 9.17) is 4.43 Å². The van der Waals surface area contributed by atoms with E-state index >= 15 is 0 Å². The van der Waals surface area contributed by atoms with Crippen LogP contribution < -0.4 is 10.4 Å². The highest BCUT2D eigenvalue weighted by Crippen LogP contribution is 2.45. The molecule has 2 aromatic rings. The molecule has 0 spiro atoms. The predicted molar refractivity (Wildman–Crippen MR) is 137 cm³/mol. The van der Waals surface area contributed by atoms with Crippen molar-refractivity contribution in [3.63, 3.8) is 0 Å². The van der Waals surface area contributed by atoms with Crippen LogP contribution in [-0.4, -0.2) is 44.7 Å². The molecule has 0 N–H and O–H groups in total. The Morgan fingerprint density at radius 3 is 2.06 bits per heavy atom. The van der Waals surface area contributed by atoms with Gasteiger partial charge in [0, 0.05) is 25.0 Å². The lowest BCUT2D eigenvalue weighted by Gasteiger charge is -2.54. The molecule has 33 heavy (non-hydrogen) atoms. The number of carbonyl (C=O) groups excluding carboxylic acids is 1. The molecule has 3 fully saturated rings. The second-order valence-corrected chi connectivity index (χ2v) is 15.8. The van der Waals surface area contributed by atoms with Crippen molar-refractivity contribution in [2.24, 2.45) is 17.8 Å². The van der Waals surface area contributed by atoms with Crippen LogP contribution in [0.3, 0.4) is 0 Å². The fraction of sp³-hybridized carbons (Fsp3) is 0.552. The van der Waals surface area contributed by atoms with E-state index in [0.29, 0.717) is 36.7 Å². The van der Waals surface area contributed by atoms with Gasteiger partial charge in [0.1, 0.15) is 5.78 Å². The monoisotopic (exact) mass is 461 g/mol. The van der Waals surface area contributed by atoms with E-state index in [-0.39, 0.29) is 11.0 Å². The van der Waals surface area contributed by atoms with Crippen molar-refractivity contribution in [3.05, 3.63) is 60.7 Å². The van der Waals surface area contributed by atoms with Crippen LogP contribution in [-0.2, 0) is 9.22 Å². The van der Waals surface area contributed by atoms with Gasteiger partial charge in [-0.3, -0.25) is 9.69 Å². The first kappa shape index (κ1) is 23.0. The Morgan fingerprint density at radius 2 is 1.48 bits per heavy atom. The Kier molecular flexibility index (Phi) is 6.36. The Labute approximate surface area is 200 Å². The molecule has 3 nitrogen and oxygen atoms in total. The van der Waals surface area contributed by atoms with Gasteiger partial charge in [-0.15, -0.1) is 0 Å². The van der Waals surface area contributed by atoms with E-state index in [0.717, 1.165) is 6.42 Å². The van der Waals surface area contributed by atoms with Gasteiger partial charge in [0.25, 0.3) is 8.32 Å². The summed E-state index contributed by atoms with van der Waals surface area (Å²) >= 11 is 0. The molecule has 4 heteroatoms. The zero-order valence-corrected chi connectivity index (χ0v) is 21.5. The Morgan fingerprint density at radius 1 is 0.909 bits per heavy atom.